The van der Waals surface area contributed by atoms with E-state index in [2.05, 4.69) is 10.4 Å². The molecule has 1 aliphatic rings. The van der Waals surface area contributed by atoms with Crippen molar-refractivity contribution in [3.63, 3.8) is 0 Å². The maximum atomic E-state index is 12.6. The van der Waals surface area contributed by atoms with Crippen molar-refractivity contribution in [1.29, 1.82) is 0 Å². The molecule has 0 saturated heterocycles. The maximum absolute atomic E-state index is 12.6. The number of fused-ring (bicyclic) bond motifs is 1. The summed E-state index contributed by atoms with van der Waals surface area (Å²) in [6.07, 6.45) is 0. The Kier molecular flexibility index (Phi) is 4.80. The number of nitrogens with one attached hydrogen (secondary N) is 1. The highest BCUT2D eigenvalue weighted by molar-refractivity contribution is 7.73. The largest absolute Gasteiger partial charge is 0.492 e. The molecule has 4 rings (SSSR count). The number of nitrogens with zero attached hydrogens (tertiary/aromatic N) is 2. The van der Waals surface area contributed by atoms with Crippen LogP contribution in [0.3, 0.4) is 0 Å². The minimum Gasteiger partial charge on any atom is -0.492 e. The Hall–Kier alpha value is -2.52. The second kappa shape index (κ2) is 7.14. The van der Waals surface area contributed by atoms with Crippen LogP contribution < -0.4 is 16.0 Å². The number of rotatable bonds is 3. The number of aromatic nitrogens is 1. The molecule has 0 atom stereocenters. The third kappa shape index (κ3) is 3.04. The minimum absolute atomic E-state index is 0.0798. The Balaban J connectivity index is 1.79. The second-order valence-corrected chi connectivity index (χ2v) is 8.14. The van der Waals surface area contributed by atoms with Crippen molar-refractivity contribution in [2.24, 2.45) is 4.99 Å². The monoisotopic (exact) mass is 449 g/mol. The topological polar surface area (TPSA) is 83.7 Å². The van der Waals surface area contributed by atoms with Crippen LogP contribution in [-0.2, 0) is 4.79 Å². The lowest BCUT2D eigenvalue weighted by molar-refractivity contribution is -0.112. The summed E-state index contributed by atoms with van der Waals surface area (Å²) < 4.78 is 1.17. The van der Waals surface area contributed by atoms with Crippen LogP contribution in [0.2, 0.25) is 10.0 Å². The Bertz CT molecular complexity index is 1340. The van der Waals surface area contributed by atoms with Gasteiger partial charge in [0.25, 0.3) is 11.8 Å². The molecule has 2 aromatic carbocycles. The molecule has 0 fully saturated rings. The van der Waals surface area contributed by atoms with E-state index in [0.29, 0.717) is 10.6 Å². The zero-order chi connectivity index (χ0) is 20.0. The quantitative estimate of drug-likeness (QED) is 0.601. The number of hydrogen-bond acceptors (Lipinski definition) is 5. The SMILES string of the molecule is O=C1N=c2ccccc2=C1c1sc(=S)n(NC(=O)c2cccc(Cl)c2Cl)c1O. The number of benzene rings is 2. The van der Waals surface area contributed by atoms with Crippen LogP contribution >= 0.6 is 46.8 Å². The average molecular weight is 450 g/mol. The van der Waals surface area contributed by atoms with Crippen molar-refractivity contribution < 1.29 is 14.7 Å². The number of carbonyl (C=O) groups excluding carboxylic acids is 2. The van der Waals surface area contributed by atoms with Crippen molar-refractivity contribution in [2.75, 3.05) is 5.43 Å². The lowest BCUT2D eigenvalue weighted by Gasteiger charge is -2.09. The van der Waals surface area contributed by atoms with Crippen LogP contribution in [0.1, 0.15) is 15.2 Å². The summed E-state index contributed by atoms with van der Waals surface area (Å²) in [5.74, 6) is -1.46. The van der Waals surface area contributed by atoms with E-state index in [1.165, 1.54) is 6.07 Å². The van der Waals surface area contributed by atoms with E-state index in [9.17, 15) is 14.7 Å². The summed E-state index contributed by atoms with van der Waals surface area (Å²) in [5.41, 5.74) is 2.83. The lowest BCUT2D eigenvalue weighted by Crippen LogP contribution is -2.23. The summed E-state index contributed by atoms with van der Waals surface area (Å²) >= 11 is 18.2. The third-order valence-electron chi connectivity index (χ3n) is 4.03. The number of aromatic hydroxyl groups is 1. The average Bonchev–Trinajstić information content (AvgIpc) is 3.13. The molecule has 0 spiro atoms. The molecule has 0 radical (unpaired) electrons. The Morgan fingerprint density at radius 3 is 2.71 bits per heavy atom. The summed E-state index contributed by atoms with van der Waals surface area (Å²) in [7, 11) is 0. The Morgan fingerprint density at radius 2 is 1.93 bits per heavy atom. The van der Waals surface area contributed by atoms with Gasteiger partial charge in [-0.1, -0.05) is 58.8 Å². The number of carbonyl (C=O) groups is 2. The minimum atomic E-state index is -0.615. The van der Waals surface area contributed by atoms with E-state index >= 15 is 0 Å². The number of amides is 2. The van der Waals surface area contributed by atoms with E-state index < -0.39 is 11.8 Å². The second-order valence-electron chi connectivity index (χ2n) is 5.71. The predicted octanol–water partition coefficient (Wildman–Crippen LogP) is 3.03. The van der Waals surface area contributed by atoms with Crippen LogP contribution in [0.25, 0.3) is 5.57 Å². The van der Waals surface area contributed by atoms with Gasteiger partial charge in [-0.25, -0.2) is 4.99 Å². The van der Waals surface area contributed by atoms with Gasteiger partial charge in [0.1, 0.15) is 4.88 Å². The molecule has 3 aromatic rings. The standard InChI is InChI=1S/C18H9Cl2N3O3S2/c19-10-6-3-5-9(13(10)20)15(24)22-23-17(26)14(28-18(23)27)12-8-4-1-2-7-11(8)21-16(12)25/h1-7,26H,(H,22,24). The van der Waals surface area contributed by atoms with Gasteiger partial charge in [0.05, 0.1) is 26.5 Å². The summed E-state index contributed by atoms with van der Waals surface area (Å²) in [6.45, 7) is 0. The van der Waals surface area contributed by atoms with Gasteiger partial charge in [-0.15, -0.1) is 0 Å². The number of halogens is 2. The van der Waals surface area contributed by atoms with Gasteiger partial charge < -0.3 is 5.11 Å². The van der Waals surface area contributed by atoms with Crippen molar-refractivity contribution >= 4 is 64.1 Å². The summed E-state index contributed by atoms with van der Waals surface area (Å²) in [4.78, 5) is 29.1. The van der Waals surface area contributed by atoms with Crippen LogP contribution in [-0.4, -0.2) is 21.6 Å². The molecule has 2 amide bonds. The van der Waals surface area contributed by atoms with Gasteiger partial charge in [-0.05, 0) is 30.4 Å². The first-order valence-electron chi connectivity index (χ1n) is 7.81. The fourth-order valence-corrected chi connectivity index (χ4v) is 4.40. The fraction of sp³-hybridized carbons (Fsp3) is 0. The van der Waals surface area contributed by atoms with E-state index in [1.807, 2.05) is 0 Å². The molecule has 28 heavy (non-hydrogen) atoms. The molecule has 6 nitrogen and oxygen atoms in total. The molecule has 1 aromatic heterocycles. The molecule has 10 heteroatoms. The molecule has 1 aliphatic heterocycles. The molecule has 0 unspecified atom stereocenters. The highest BCUT2D eigenvalue weighted by Crippen LogP contribution is 2.32. The molecular formula is C18H9Cl2N3O3S2. The normalized spacial score (nSPS) is 12.6. The highest BCUT2D eigenvalue weighted by atomic mass is 35.5. The van der Waals surface area contributed by atoms with Crippen LogP contribution in [0, 0.1) is 3.95 Å². The predicted molar refractivity (Wildman–Crippen MR) is 110 cm³/mol. The van der Waals surface area contributed by atoms with Crippen LogP contribution in [0.4, 0.5) is 0 Å². The van der Waals surface area contributed by atoms with Gasteiger partial charge in [-0.3, -0.25) is 15.0 Å². The van der Waals surface area contributed by atoms with Crippen molar-refractivity contribution in [3.8, 4) is 5.88 Å². The van der Waals surface area contributed by atoms with E-state index in [1.54, 1.807) is 36.4 Å². The van der Waals surface area contributed by atoms with Crippen LogP contribution in [0.15, 0.2) is 47.5 Å². The zero-order valence-corrected chi connectivity index (χ0v) is 16.9. The number of thiazole rings is 1. The van der Waals surface area contributed by atoms with Crippen molar-refractivity contribution in [1.82, 2.24) is 4.68 Å². The summed E-state index contributed by atoms with van der Waals surface area (Å²) in [5, 5.41) is 12.1. The van der Waals surface area contributed by atoms with E-state index in [0.717, 1.165) is 16.0 Å². The maximum Gasteiger partial charge on any atom is 0.279 e. The number of para-hydroxylation sites is 1. The molecule has 0 bridgehead atoms. The molecule has 0 aliphatic carbocycles. The first-order chi connectivity index (χ1) is 13.4. The van der Waals surface area contributed by atoms with Crippen molar-refractivity contribution in [2.45, 2.75) is 0 Å². The summed E-state index contributed by atoms with van der Waals surface area (Å²) in [6, 6.07) is 11.6. The molecular weight excluding hydrogens is 441 g/mol. The van der Waals surface area contributed by atoms with Gasteiger partial charge in [-0.2, -0.15) is 4.68 Å². The molecule has 0 saturated carbocycles. The first-order valence-corrected chi connectivity index (χ1v) is 9.79. The molecule has 140 valence electrons. The smallest absolute Gasteiger partial charge is 0.279 e. The van der Waals surface area contributed by atoms with Gasteiger partial charge in [0.15, 0.2) is 3.95 Å². The Labute approximate surface area is 177 Å². The zero-order valence-electron chi connectivity index (χ0n) is 13.8. The van der Waals surface area contributed by atoms with Gasteiger partial charge in [0, 0.05) is 5.22 Å². The lowest BCUT2D eigenvalue weighted by atomic mass is 10.1. The highest BCUT2D eigenvalue weighted by Gasteiger charge is 2.26. The van der Waals surface area contributed by atoms with E-state index in [-0.39, 0.29) is 35.9 Å². The first kappa shape index (κ1) is 18.8. The molecule has 2 heterocycles. The Morgan fingerprint density at radius 1 is 1.18 bits per heavy atom. The molecule has 2 N–H and O–H groups in total. The fourth-order valence-electron chi connectivity index (χ4n) is 2.75. The number of hydrogen-bond donors (Lipinski definition) is 2. The van der Waals surface area contributed by atoms with E-state index in [4.69, 9.17) is 35.4 Å². The van der Waals surface area contributed by atoms with Gasteiger partial charge in [0.2, 0.25) is 5.88 Å². The van der Waals surface area contributed by atoms with Gasteiger partial charge >= 0.3 is 0 Å². The van der Waals surface area contributed by atoms with Crippen LogP contribution in [0.5, 0.6) is 5.88 Å². The van der Waals surface area contributed by atoms with Crippen molar-refractivity contribution in [3.05, 3.63) is 77.5 Å². The third-order valence-corrected chi connectivity index (χ3v) is 6.23.